The van der Waals surface area contributed by atoms with Crippen molar-refractivity contribution in [2.24, 2.45) is 0 Å². The van der Waals surface area contributed by atoms with Crippen molar-refractivity contribution in [2.75, 3.05) is 36.7 Å². The summed E-state index contributed by atoms with van der Waals surface area (Å²) in [5, 5.41) is 12.0. The highest BCUT2D eigenvalue weighted by atomic mass is 32.1. The molecule has 0 unspecified atom stereocenters. The molecule has 0 spiro atoms. The topological polar surface area (TPSA) is 74.3 Å². The summed E-state index contributed by atoms with van der Waals surface area (Å²) in [7, 11) is 5.69. The number of para-hydroxylation sites is 1. The summed E-state index contributed by atoms with van der Waals surface area (Å²) < 4.78 is 5.44. The first-order valence-electron chi connectivity index (χ1n) is 11.4. The predicted octanol–water partition coefficient (Wildman–Crippen LogP) is 4.72. The molecule has 0 aliphatic heterocycles. The van der Waals surface area contributed by atoms with Crippen LogP contribution in [-0.4, -0.2) is 48.4 Å². The lowest BCUT2D eigenvalue weighted by atomic mass is 9.91. The van der Waals surface area contributed by atoms with E-state index in [1.54, 1.807) is 7.11 Å². The van der Waals surface area contributed by atoms with Crippen molar-refractivity contribution >= 4 is 45.7 Å². The van der Waals surface area contributed by atoms with Gasteiger partial charge in [0.05, 0.1) is 18.3 Å². The van der Waals surface area contributed by atoms with E-state index >= 15 is 0 Å². The van der Waals surface area contributed by atoms with Gasteiger partial charge in [-0.3, -0.25) is 0 Å². The summed E-state index contributed by atoms with van der Waals surface area (Å²) in [6.45, 7) is 2.05. The lowest BCUT2D eigenvalue weighted by molar-refractivity contribution is 0.387. The zero-order chi connectivity index (χ0) is 23.4. The number of anilines is 3. The van der Waals surface area contributed by atoms with Crippen LogP contribution < -0.4 is 25.6 Å². The van der Waals surface area contributed by atoms with E-state index in [0.717, 1.165) is 59.4 Å². The number of thiocarbonyl (C=S) groups is 1. The molecule has 1 aliphatic carbocycles. The number of hydrogen-bond acceptors (Lipinski definition) is 6. The van der Waals surface area contributed by atoms with Crippen molar-refractivity contribution < 1.29 is 4.74 Å². The van der Waals surface area contributed by atoms with E-state index in [0.29, 0.717) is 23.1 Å². The Labute approximate surface area is 200 Å². The van der Waals surface area contributed by atoms with E-state index in [1.165, 1.54) is 0 Å². The molecule has 4 rings (SSSR count). The van der Waals surface area contributed by atoms with E-state index in [-0.39, 0.29) is 0 Å². The first-order valence-corrected chi connectivity index (χ1v) is 11.8. The molecule has 1 saturated carbocycles. The Morgan fingerprint density at radius 3 is 2.48 bits per heavy atom. The fraction of sp³-hybridized carbons (Fsp3) is 0.400. The molecule has 3 aromatic rings. The summed E-state index contributed by atoms with van der Waals surface area (Å²) in [6.07, 6.45) is 4.11. The zero-order valence-corrected chi connectivity index (χ0v) is 20.5. The quantitative estimate of drug-likeness (QED) is 0.453. The number of hydrogen-bond donors (Lipinski definition) is 3. The number of nitrogens with zero attached hydrogens (tertiary/aromatic N) is 3. The molecule has 0 amide bonds. The number of aryl methyl sites for hydroxylation is 1. The average Bonchev–Trinajstić information content (AvgIpc) is 2.80. The number of rotatable bonds is 6. The van der Waals surface area contributed by atoms with Crippen LogP contribution in [0.15, 0.2) is 42.5 Å². The monoisotopic (exact) mass is 464 g/mol. The number of methoxy groups -OCH3 is 1. The van der Waals surface area contributed by atoms with E-state index in [9.17, 15) is 0 Å². The molecule has 2 aromatic carbocycles. The zero-order valence-electron chi connectivity index (χ0n) is 19.7. The minimum absolute atomic E-state index is 0.341. The third kappa shape index (κ3) is 5.63. The fourth-order valence-electron chi connectivity index (χ4n) is 4.29. The molecule has 1 aromatic heterocycles. The maximum atomic E-state index is 5.57. The second kappa shape index (κ2) is 10.2. The minimum Gasteiger partial charge on any atom is -0.495 e. The van der Waals surface area contributed by atoms with Gasteiger partial charge in [-0.2, -0.15) is 4.98 Å². The Hall–Kier alpha value is -3.13. The van der Waals surface area contributed by atoms with Crippen molar-refractivity contribution in [1.29, 1.82) is 0 Å². The maximum absolute atomic E-state index is 5.57. The van der Waals surface area contributed by atoms with Gasteiger partial charge >= 0.3 is 0 Å². The van der Waals surface area contributed by atoms with Crippen LogP contribution in [0, 0.1) is 6.92 Å². The van der Waals surface area contributed by atoms with E-state index in [4.69, 9.17) is 26.9 Å². The van der Waals surface area contributed by atoms with E-state index in [1.807, 2.05) is 55.4 Å². The van der Waals surface area contributed by atoms with Gasteiger partial charge in [0.15, 0.2) is 5.11 Å². The first-order chi connectivity index (χ1) is 15.9. The summed E-state index contributed by atoms with van der Waals surface area (Å²) in [4.78, 5) is 11.6. The van der Waals surface area contributed by atoms with Gasteiger partial charge in [0.1, 0.15) is 11.6 Å². The molecule has 1 aliphatic rings. The molecule has 174 valence electrons. The second-order valence-corrected chi connectivity index (χ2v) is 9.19. The van der Waals surface area contributed by atoms with Gasteiger partial charge in [0, 0.05) is 31.6 Å². The van der Waals surface area contributed by atoms with Crippen molar-refractivity contribution in [3.63, 3.8) is 0 Å². The molecule has 33 heavy (non-hydrogen) atoms. The summed E-state index contributed by atoms with van der Waals surface area (Å²) in [5.74, 6) is 2.41. The van der Waals surface area contributed by atoms with Gasteiger partial charge in [0.2, 0.25) is 5.95 Å². The van der Waals surface area contributed by atoms with E-state index < -0.39 is 0 Å². The van der Waals surface area contributed by atoms with Crippen molar-refractivity contribution in [2.45, 2.75) is 44.7 Å². The van der Waals surface area contributed by atoms with Crippen LogP contribution in [0.25, 0.3) is 10.9 Å². The van der Waals surface area contributed by atoms with Crippen LogP contribution >= 0.6 is 12.2 Å². The number of ether oxygens (including phenoxy) is 1. The summed E-state index contributed by atoms with van der Waals surface area (Å²) in [5.41, 5.74) is 2.99. The summed E-state index contributed by atoms with van der Waals surface area (Å²) >= 11 is 5.57. The highest BCUT2D eigenvalue weighted by Crippen LogP contribution is 2.27. The van der Waals surface area contributed by atoms with Crippen LogP contribution in [0.4, 0.5) is 17.5 Å². The van der Waals surface area contributed by atoms with E-state index in [2.05, 4.69) is 28.9 Å². The van der Waals surface area contributed by atoms with Crippen molar-refractivity contribution in [1.82, 2.24) is 15.3 Å². The SMILES string of the molecule is COc1ccc(C)cc1NC(=S)N[C@H]1CC[C@@H](Nc2nc(N(C)C)c3ccccc3n2)CC1. The Morgan fingerprint density at radius 2 is 1.76 bits per heavy atom. The Kier molecular flexibility index (Phi) is 7.13. The van der Waals surface area contributed by atoms with Crippen LogP contribution in [0.1, 0.15) is 31.2 Å². The molecule has 8 heteroatoms. The third-order valence-electron chi connectivity index (χ3n) is 6.01. The standard InChI is InChI=1S/C25H32N6OS/c1-16-9-14-22(32-4)21(15-16)29-25(33)27-18-12-10-17(11-13-18)26-24-28-20-8-6-5-7-19(20)23(30-24)31(2)3/h5-9,14-15,17-18H,10-13H2,1-4H3,(H,26,28,30)(H2,27,29,33)/t17-,18+. The number of benzene rings is 2. The molecule has 1 heterocycles. The van der Waals surface area contributed by atoms with Gasteiger partial charge in [-0.15, -0.1) is 0 Å². The molecular formula is C25H32N6OS. The van der Waals surface area contributed by atoms with Gasteiger partial charge in [0.25, 0.3) is 0 Å². The molecule has 7 nitrogen and oxygen atoms in total. The molecule has 0 radical (unpaired) electrons. The highest BCUT2D eigenvalue weighted by molar-refractivity contribution is 7.80. The maximum Gasteiger partial charge on any atom is 0.225 e. The summed E-state index contributed by atoms with van der Waals surface area (Å²) in [6, 6.07) is 14.8. The number of aromatic nitrogens is 2. The van der Waals surface area contributed by atoms with Crippen LogP contribution in [-0.2, 0) is 0 Å². The number of fused-ring (bicyclic) bond motifs is 1. The molecular weight excluding hydrogens is 432 g/mol. The smallest absolute Gasteiger partial charge is 0.225 e. The molecule has 0 bridgehead atoms. The Balaban J connectivity index is 1.33. The first kappa shape index (κ1) is 23.0. The highest BCUT2D eigenvalue weighted by Gasteiger charge is 2.23. The second-order valence-electron chi connectivity index (χ2n) is 8.78. The molecule has 1 fully saturated rings. The van der Waals surface area contributed by atoms with Gasteiger partial charge in [-0.05, 0) is 74.7 Å². The lowest BCUT2D eigenvalue weighted by Crippen LogP contribution is -2.42. The molecule has 3 N–H and O–H groups in total. The third-order valence-corrected chi connectivity index (χ3v) is 6.23. The number of nitrogens with one attached hydrogen (secondary N) is 3. The van der Waals surface area contributed by atoms with Crippen molar-refractivity contribution in [3.8, 4) is 5.75 Å². The fourth-order valence-corrected chi connectivity index (χ4v) is 4.57. The van der Waals surface area contributed by atoms with Gasteiger partial charge in [-0.1, -0.05) is 18.2 Å². The lowest BCUT2D eigenvalue weighted by Gasteiger charge is -2.30. The Morgan fingerprint density at radius 1 is 1.03 bits per heavy atom. The normalized spacial score (nSPS) is 17.9. The van der Waals surface area contributed by atoms with Gasteiger partial charge in [-0.25, -0.2) is 4.98 Å². The van der Waals surface area contributed by atoms with Gasteiger partial charge < -0.3 is 25.6 Å². The predicted molar refractivity (Wildman–Crippen MR) is 141 cm³/mol. The van der Waals surface area contributed by atoms with Crippen LogP contribution in [0.5, 0.6) is 5.75 Å². The van der Waals surface area contributed by atoms with Crippen LogP contribution in [0.2, 0.25) is 0 Å². The Bertz CT molecular complexity index is 1130. The minimum atomic E-state index is 0.341. The van der Waals surface area contributed by atoms with Crippen molar-refractivity contribution in [3.05, 3.63) is 48.0 Å². The molecule has 0 atom stereocenters. The van der Waals surface area contributed by atoms with Crippen LogP contribution in [0.3, 0.4) is 0 Å². The largest absolute Gasteiger partial charge is 0.495 e. The average molecular weight is 465 g/mol. The molecule has 0 saturated heterocycles.